The molecule has 0 aliphatic heterocycles. The fourth-order valence-corrected chi connectivity index (χ4v) is 1.99. The molecule has 0 aromatic rings. The fourth-order valence-electron chi connectivity index (χ4n) is 1.99. The van der Waals surface area contributed by atoms with Crippen molar-refractivity contribution >= 4 is 5.97 Å². The van der Waals surface area contributed by atoms with Crippen LogP contribution >= 0.6 is 0 Å². The molecule has 0 heterocycles. The molecular weight excluding hydrogens is 260 g/mol. The van der Waals surface area contributed by atoms with Crippen molar-refractivity contribution in [1.82, 2.24) is 0 Å². The number of hydrogen-bond donors (Lipinski definition) is 1. The summed E-state index contributed by atoms with van der Waals surface area (Å²) in [6, 6.07) is 0. The van der Waals surface area contributed by atoms with Crippen LogP contribution < -0.4 is 0 Å². The normalized spacial score (nSPS) is 12.0. The summed E-state index contributed by atoms with van der Waals surface area (Å²) < 4.78 is 0. The zero-order valence-corrected chi connectivity index (χ0v) is 13.6. The Morgan fingerprint density at radius 2 is 1.29 bits per heavy atom. The Hall–Kier alpha value is -1.31. The lowest BCUT2D eigenvalue weighted by molar-refractivity contribution is -0.137. The zero-order chi connectivity index (χ0) is 15.6. The number of allylic oxidation sites excluding steroid dienone is 6. The Morgan fingerprint density at radius 1 is 0.762 bits per heavy atom. The topological polar surface area (TPSA) is 37.3 Å². The highest BCUT2D eigenvalue weighted by molar-refractivity contribution is 5.66. The number of carboxylic acids is 1. The van der Waals surface area contributed by atoms with Gasteiger partial charge in [0.05, 0.1) is 0 Å². The Morgan fingerprint density at radius 3 is 1.86 bits per heavy atom. The molecular formula is C19H32O2. The Balaban J connectivity index is 3.28. The second kappa shape index (κ2) is 16.7. The molecule has 0 aromatic carbocycles. The lowest BCUT2D eigenvalue weighted by atomic mass is 10.1. The molecule has 0 aliphatic carbocycles. The predicted octanol–water partition coefficient (Wildman–Crippen LogP) is 6.05. The van der Waals surface area contributed by atoms with E-state index in [9.17, 15) is 4.79 Å². The van der Waals surface area contributed by atoms with E-state index < -0.39 is 5.97 Å². The molecule has 0 atom stereocenters. The molecule has 0 spiro atoms. The van der Waals surface area contributed by atoms with E-state index in [0.717, 1.165) is 38.5 Å². The Kier molecular flexibility index (Phi) is 15.7. The number of aliphatic carboxylic acids is 1. The quantitative estimate of drug-likeness (QED) is 0.312. The van der Waals surface area contributed by atoms with Crippen molar-refractivity contribution in [3.8, 4) is 0 Å². The van der Waals surface area contributed by atoms with Gasteiger partial charge in [0, 0.05) is 6.42 Å². The summed E-state index contributed by atoms with van der Waals surface area (Å²) in [6.45, 7) is 2.22. The summed E-state index contributed by atoms with van der Waals surface area (Å²) in [5.41, 5.74) is 0. The van der Waals surface area contributed by atoms with E-state index in [1.165, 1.54) is 25.7 Å². The summed E-state index contributed by atoms with van der Waals surface area (Å²) in [4.78, 5) is 10.3. The van der Waals surface area contributed by atoms with Crippen molar-refractivity contribution in [1.29, 1.82) is 0 Å². The van der Waals surface area contributed by atoms with Crippen LogP contribution in [0.2, 0.25) is 0 Å². The number of carbonyl (C=O) groups is 1. The molecule has 2 nitrogen and oxygen atoms in total. The number of unbranched alkanes of at least 4 members (excludes halogenated alkanes) is 6. The van der Waals surface area contributed by atoms with Crippen LogP contribution in [0.15, 0.2) is 36.5 Å². The van der Waals surface area contributed by atoms with Crippen LogP contribution in [-0.4, -0.2) is 11.1 Å². The van der Waals surface area contributed by atoms with Gasteiger partial charge < -0.3 is 5.11 Å². The number of rotatable bonds is 14. The highest BCUT2D eigenvalue weighted by atomic mass is 16.4. The number of hydrogen-bond acceptors (Lipinski definition) is 1. The fraction of sp³-hybridized carbons (Fsp3) is 0.632. The maximum atomic E-state index is 10.3. The average molecular weight is 292 g/mol. The second-order valence-electron chi connectivity index (χ2n) is 5.37. The van der Waals surface area contributed by atoms with Crippen molar-refractivity contribution in [2.75, 3.05) is 0 Å². The third kappa shape index (κ3) is 18.7. The lowest BCUT2D eigenvalue weighted by Gasteiger charge is -1.96. The number of carboxylic acid groups (broad SMARTS) is 1. The van der Waals surface area contributed by atoms with Crippen LogP contribution in [0.4, 0.5) is 0 Å². The zero-order valence-electron chi connectivity index (χ0n) is 13.6. The molecule has 0 bridgehead atoms. The van der Waals surface area contributed by atoms with Gasteiger partial charge in [0.1, 0.15) is 0 Å². The van der Waals surface area contributed by atoms with E-state index in [1.807, 2.05) is 0 Å². The van der Waals surface area contributed by atoms with Crippen LogP contribution in [0.5, 0.6) is 0 Å². The first kappa shape index (κ1) is 19.7. The highest BCUT2D eigenvalue weighted by Crippen LogP contribution is 2.06. The molecule has 0 saturated heterocycles. The van der Waals surface area contributed by atoms with E-state index in [1.54, 1.807) is 0 Å². The highest BCUT2D eigenvalue weighted by Gasteiger charge is 1.95. The summed E-state index contributed by atoms with van der Waals surface area (Å²) >= 11 is 0. The minimum atomic E-state index is -0.679. The largest absolute Gasteiger partial charge is 0.481 e. The van der Waals surface area contributed by atoms with Crippen molar-refractivity contribution < 1.29 is 9.90 Å². The first-order valence-electron chi connectivity index (χ1n) is 8.44. The molecule has 0 aliphatic rings. The second-order valence-corrected chi connectivity index (χ2v) is 5.37. The van der Waals surface area contributed by atoms with E-state index in [0.29, 0.717) is 6.42 Å². The van der Waals surface area contributed by atoms with Crippen LogP contribution in [0.25, 0.3) is 0 Å². The van der Waals surface area contributed by atoms with Gasteiger partial charge in [-0.05, 0) is 38.5 Å². The summed E-state index contributed by atoms with van der Waals surface area (Å²) in [7, 11) is 0. The Labute approximate surface area is 130 Å². The van der Waals surface area contributed by atoms with Gasteiger partial charge in [-0.1, -0.05) is 69.1 Å². The molecule has 2 heteroatoms. The van der Waals surface area contributed by atoms with Crippen LogP contribution in [0, 0.1) is 0 Å². The first-order valence-corrected chi connectivity index (χ1v) is 8.44. The van der Waals surface area contributed by atoms with Gasteiger partial charge in [-0.2, -0.15) is 0 Å². The van der Waals surface area contributed by atoms with Crippen LogP contribution in [0.3, 0.4) is 0 Å². The minimum Gasteiger partial charge on any atom is -0.481 e. The van der Waals surface area contributed by atoms with E-state index in [-0.39, 0.29) is 0 Å². The van der Waals surface area contributed by atoms with Crippen molar-refractivity contribution in [2.45, 2.75) is 77.6 Å². The molecule has 0 fully saturated rings. The summed E-state index contributed by atoms with van der Waals surface area (Å²) in [5, 5.41) is 8.51. The standard InChI is InChI=1S/C19H32O2/c1-2-3-4-5-6-7-8-9-10-11-12-13-14-15-16-17-18-19(20)21/h5-6,8-9,11-12H,2-4,7,10,13-18H2,1H3,(H,20,21)/b6-5-,9-8-,12-11-. The van der Waals surface area contributed by atoms with Gasteiger partial charge in [0.2, 0.25) is 0 Å². The smallest absolute Gasteiger partial charge is 0.303 e. The van der Waals surface area contributed by atoms with Gasteiger partial charge in [-0.3, -0.25) is 4.79 Å². The van der Waals surface area contributed by atoms with Crippen molar-refractivity contribution in [3.05, 3.63) is 36.5 Å². The van der Waals surface area contributed by atoms with Crippen LogP contribution in [0.1, 0.15) is 77.6 Å². The third-order valence-corrected chi connectivity index (χ3v) is 3.28. The molecule has 21 heavy (non-hydrogen) atoms. The summed E-state index contributed by atoms with van der Waals surface area (Å²) in [6.07, 6.45) is 24.8. The predicted molar refractivity (Wildman–Crippen MR) is 91.5 cm³/mol. The van der Waals surface area contributed by atoms with Crippen molar-refractivity contribution in [2.24, 2.45) is 0 Å². The minimum absolute atomic E-state index is 0.313. The van der Waals surface area contributed by atoms with Gasteiger partial charge in [-0.15, -0.1) is 0 Å². The first-order chi connectivity index (χ1) is 10.3. The molecule has 0 unspecified atom stereocenters. The Bertz CT molecular complexity index is 314. The lowest BCUT2D eigenvalue weighted by Crippen LogP contribution is -1.93. The van der Waals surface area contributed by atoms with Crippen LogP contribution in [-0.2, 0) is 4.79 Å². The van der Waals surface area contributed by atoms with Gasteiger partial charge in [0.25, 0.3) is 0 Å². The third-order valence-electron chi connectivity index (χ3n) is 3.28. The molecule has 0 aromatic heterocycles. The van der Waals surface area contributed by atoms with Crippen molar-refractivity contribution in [3.63, 3.8) is 0 Å². The average Bonchev–Trinajstić information content (AvgIpc) is 2.46. The molecule has 0 saturated carbocycles. The molecule has 0 amide bonds. The van der Waals surface area contributed by atoms with E-state index in [4.69, 9.17) is 5.11 Å². The van der Waals surface area contributed by atoms with Gasteiger partial charge in [-0.25, -0.2) is 0 Å². The molecule has 0 radical (unpaired) electrons. The maximum Gasteiger partial charge on any atom is 0.303 e. The summed E-state index contributed by atoms with van der Waals surface area (Å²) in [5.74, 6) is -0.679. The van der Waals surface area contributed by atoms with Gasteiger partial charge >= 0.3 is 5.97 Å². The van der Waals surface area contributed by atoms with E-state index in [2.05, 4.69) is 43.4 Å². The maximum absolute atomic E-state index is 10.3. The molecule has 1 N–H and O–H groups in total. The monoisotopic (exact) mass is 292 g/mol. The van der Waals surface area contributed by atoms with E-state index >= 15 is 0 Å². The molecule has 0 rings (SSSR count). The SMILES string of the molecule is CCCC/C=C\C/C=C\C/C=C\CCCCCCC(=O)O. The molecule has 120 valence electrons. The van der Waals surface area contributed by atoms with Gasteiger partial charge in [0.15, 0.2) is 0 Å².